The van der Waals surface area contributed by atoms with E-state index in [1.807, 2.05) is 0 Å². The fraction of sp³-hybridized carbons (Fsp3) is 0.450. The second kappa shape index (κ2) is 8.73. The van der Waals surface area contributed by atoms with Gasteiger partial charge in [-0.15, -0.1) is 0 Å². The number of nitrogens with zero attached hydrogens (tertiary/aromatic N) is 2. The van der Waals surface area contributed by atoms with Gasteiger partial charge in [-0.2, -0.15) is 0 Å². The predicted molar refractivity (Wildman–Crippen MR) is 106 cm³/mol. The first-order chi connectivity index (χ1) is 13.9. The Morgan fingerprint density at radius 1 is 1.10 bits per heavy atom. The molecule has 0 N–H and O–H groups in total. The van der Waals surface area contributed by atoms with Crippen LogP contribution in [-0.2, 0) is 14.3 Å². The summed E-state index contributed by atoms with van der Waals surface area (Å²) in [5, 5.41) is -0.116. The quantitative estimate of drug-likeness (QED) is 0.678. The zero-order valence-corrected chi connectivity index (χ0v) is 17.3. The van der Waals surface area contributed by atoms with E-state index in [-0.39, 0.29) is 22.7 Å². The van der Waals surface area contributed by atoms with E-state index in [1.54, 1.807) is 30.0 Å². The van der Waals surface area contributed by atoms with Crippen LogP contribution in [0, 0.1) is 0 Å². The Hall–Kier alpha value is -2.74. The van der Waals surface area contributed by atoms with Crippen LogP contribution in [0.1, 0.15) is 25.3 Å². The van der Waals surface area contributed by atoms with E-state index in [0.29, 0.717) is 49.6 Å². The molecule has 0 atom stereocenters. The number of halogens is 1. The highest BCUT2D eigenvalue weighted by Gasteiger charge is 2.43. The Kier molecular flexibility index (Phi) is 6.32. The third-order valence-electron chi connectivity index (χ3n) is 5.09. The summed E-state index contributed by atoms with van der Waals surface area (Å²) in [7, 11) is 3.00. The average Bonchev–Trinajstić information content (AvgIpc) is 2.96. The lowest BCUT2D eigenvalue weighted by Crippen LogP contribution is -2.49. The summed E-state index contributed by atoms with van der Waals surface area (Å²) < 4.78 is 15.5. The van der Waals surface area contributed by atoms with Crippen molar-refractivity contribution < 1.29 is 28.6 Å². The molecule has 2 aliphatic rings. The van der Waals surface area contributed by atoms with E-state index >= 15 is 0 Å². The maximum absolute atomic E-state index is 13.1. The highest BCUT2D eigenvalue weighted by Crippen LogP contribution is 2.38. The number of methoxy groups -OCH3 is 2. The SMILES string of the molecule is CCOC(=O)N1CCC(N2C(=O)C(Cl)=C(c3ccc(OC)c(OC)c3)C2=O)CC1. The van der Waals surface area contributed by atoms with Gasteiger partial charge in [-0.1, -0.05) is 17.7 Å². The minimum atomic E-state index is -0.518. The molecule has 0 radical (unpaired) electrons. The molecule has 1 aromatic rings. The van der Waals surface area contributed by atoms with Crippen LogP contribution in [0.4, 0.5) is 4.79 Å². The van der Waals surface area contributed by atoms with E-state index in [1.165, 1.54) is 19.1 Å². The molecule has 0 aromatic heterocycles. The highest BCUT2D eigenvalue weighted by atomic mass is 35.5. The number of ether oxygens (including phenoxy) is 3. The first kappa shape index (κ1) is 21.0. The largest absolute Gasteiger partial charge is 0.493 e. The van der Waals surface area contributed by atoms with Crippen LogP contribution in [-0.4, -0.2) is 67.7 Å². The lowest BCUT2D eigenvalue weighted by molar-refractivity contribution is -0.140. The first-order valence-electron chi connectivity index (χ1n) is 9.34. The second-order valence-corrected chi connectivity index (χ2v) is 7.03. The summed E-state index contributed by atoms with van der Waals surface area (Å²) in [6, 6.07) is 4.61. The van der Waals surface area contributed by atoms with Crippen LogP contribution in [0.5, 0.6) is 11.5 Å². The second-order valence-electron chi connectivity index (χ2n) is 6.66. The maximum Gasteiger partial charge on any atom is 0.409 e. The van der Waals surface area contributed by atoms with Gasteiger partial charge in [-0.05, 0) is 37.5 Å². The van der Waals surface area contributed by atoms with Gasteiger partial charge < -0.3 is 19.1 Å². The third kappa shape index (κ3) is 3.89. The summed E-state index contributed by atoms with van der Waals surface area (Å²) in [6.45, 7) is 2.86. The van der Waals surface area contributed by atoms with Crippen molar-refractivity contribution in [1.82, 2.24) is 9.80 Å². The molecule has 1 fully saturated rings. The number of hydrogen-bond donors (Lipinski definition) is 0. The van der Waals surface area contributed by atoms with Gasteiger partial charge >= 0.3 is 6.09 Å². The summed E-state index contributed by atoms with van der Waals surface area (Å²) in [5.41, 5.74) is 0.628. The van der Waals surface area contributed by atoms with E-state index in [2.05, 4.69) is 0 Å². The number of benzene rings is 1. The fourth-order valence-corrected chi connectivity index (χ4v) is 3.90. The van der Waals surface area contributed by atoms with Crippen molar-refractivity contribution in [3.05, 3.63) is 28.8 Å². The molecule has 3 amide bonds. The van der Waals surface area contributed by atoms with Crippen LogP contribution < -0.4 is 9.47 Å². The van der Waals surface area contributed by atoms with Crippen molar-refractivity contribution in [3.63, 3.8) is 0 Å². The Morgan fingerprint density at radius 3 is 2.34 bits per heavy atom. The van der Waals surface area contributed by atoms with Crippen molar-refractivity contribution in [2.45, 2.75) is 25.8 Å². The Labute approximate surface area is 173 Å². The van der Waals surface area contributed by atoms with Crippen LogP contribution in [0.3, 0.4) is 0 Å². The Balaban J connectivity index is 1.78. The summed E-state index contributed by atoms with van der Waals surface area (Å²) >= 11 is 6.27. The molecule has 0 spiro atoms. The van der Waals surface area contributed by atoms with Gasteiger partial charge in [0.15, 0.2) is 11.5 Å². The molecule has 29 heavy (non-hydrogen) atoms. The number of likely N-dealkylation sites (tertiary alicyclic amines) is 1. The van der Waals surface area contributed by atoms with Crippen LogP contribution in [0.25, 0.3) is 5.57 Å². The number of amides is 3. The number of piperidine rings is 1. The summed E-state index contributed by atoms with van der Waals surface area (Å²) in [6.07, 6.45) is 0.562. The average molecular weight is 423 g/mol. The van der Waals surface area contributed by atoms with Crippen LogP contribution in [0.2, 0.25) is 0 Å². The maximum atomic E-state index is 13.1. The number of imide groups is 1. The molecule has 1 aromatic carbocycles. The molecule has 1 saturated heterocycles. The van der Waals surface area contributed by atoms with Gasteiger partial charge in [0.25, 0.3) is 11.8 Å². The Morgan fingerprint density at radius 2 is 1.76 bits per heavy atom. The van der Waals surface area contributed by atoms with Gasteiger partial charge in [0.2, 0.25) is 0 Å². The molecule has 0 bridgehead atoms. The fourth-order valence-electron chi connectivity index (χ4n) is 3.61. The zero-order chi connectivity index (χ0) is 21.1. The molecule has 3 rings (SSSR count). The van der Waals surface area contributed by atoms with Gasteiger partial charge in [0.1, 0.15) is 5.03 Å². The van der Waals surface area contributed by atoms with E-state index in [0.717, 1.165) is 0 Å². The lowest BCUT2D eigenvalue weighted by atomic mass is 10.0. The molecular weight excluding hydrogens is 400 g/mol. The minimum Gasteiger partial charge on any atom is -0.493 e. The molecule has 0 saturated carbocycles. The van der Waals surface area contributed by atoms with Gasteiger partial charge in [-0.25, -0.2) is 4.79 Å². The lowest BCUT2D eigenvalue weighted by Gasteiger charge is -2.35. The van der Waals surface area contributed by atoms with Gasteiger partial charge in [-0.3, -0.25) is 14.5 Å². The highest BCUT2D eigenvalue weighted by molar-refractivity contribution is 6.55. The molecule has 2 aliphatic heterocycles. The van der Waals surface area contributed by atoms with Crippen LogP contribution >= 0.6 is 11.6 Å². The number of carbonyl (C=O) groups excluding carboxylic acids is 3. The van der Waals surface area contributed by atoms with Crippen LogP contribution in [0.15, 0.2) is 23.2 Å². The minimum absolute atomic E-state index is 0.116. The van der Waals surface area contributed by atoms with Crippen molar-refractivity contribution in [2.75, 3.05) is 33.9 Å². The standard InChI is InChI=1S/C20H23ClN2O6/c1-4-29-20(26)22-9-7-13(8-10-22)23-18(24)16(17(21)19(23)25)12-5-6-14(27-2)15(11-12)28-3/h5-6,11,13H,4,7-10H2,1-3H3. The summed E-state index contributed by atoms with van der Waals surface area (Å²) in [5.74, 6) is -0.0193. The normalized spacial score (nSPS) is 17.8. The number of hydrogen-bond acceptors (Lipinski definition) is 6. The topological polar surface area (TPSA) is 85.4 Å². The zero-order valence-electron chi connectivity index (χ0n) is 16.6. The summed E-state index contributed by atoms with van der Waals surface area (Å²) in [4.78, 5) is 40.5. The van der Waals surface area contributed by atoms with E-state index in [4.69, 9.17) is 25.8 Å². The van der Waals surface area contributed by atoms with Crippen molar-refractivity contribution in [1.29, 1.82) is 0 Å². The first-order valence-corrected chi connectivity index (χ1v) is 9.72. The molecule has 8 nitrogen and oxygen atoms in total. The van der Waals surface area contributed by atoms with Gasteiger partial charge in [0, 0.05) is 19.1 Å². The number of rotatable bonds is 5. The smallest absolute Gasteiger partial charge is 0.409 e. The molecule has 2 heterocycles. The van der Waals surface area contributed by atoms with Crippen molar-refractivity contribution in [2.24, 2.45) is 0 Å². The molecule has 0 aliphatic carbocycles. The third-order valence-corrected chi connectivity index (χ3v) is 5.44. The van der Waals surface area contributed by atoms with E-state index in [9.17, 15) is 14.4 Å². The number of carbonyl (C=O) groups is 3. The Bertz CT molecular complexity index is 861. The molecule has 9 heteroatoms. The van der Waals surface area contributed by atoms with E-state index < -0.39 is 11.8 Å². The van der Waals surface area contributed by atoms with Gasteiger partial charge in [0.05, 0.1) is 26.4 Å². The van der Waals surface area contributed by atoms with Crippen molar-refractivity contribution >= 4 is 35.1 Å². The van der Waals surface area contributed by atoms with Crippen molar-refractivity contribution in [3.8, 4) is 11.5 Å². The predicted octanol–water partition coefficient (Wildman–Crippen LogP) is 2.64. The molecule has 0 unspecified atom stereocenters. The monoisotopic (exact) mass is 422 g/mol. The molecular formula is C20H23ClN2O6. The molecule has 156 valence electrons.